The number of ether oxygens (including phenoxy) is 1. The van der Waals surface area contributed by atoms with Crippen LogP contribution < -0.4 is 0 Å². The van der Waals surface area contributed by atoms with Crippen LogP contribution >= 0.6 is 24.0 Å². The van der Waals surface area contributed by atoms with Crippen molar-refractivity contribution in [1.29, 1.82) is 0 Å². The first-order chi connectivity index (χ1) is 9.29. The van der Waals surface area contributed by atoms with Crippen molar-refractivity contribution in [3.63, 3.8) is 0 Å². The Kier molecular flexibility index (Phi) is 5.43. The number of thioether (sulfide) groups is 1. The lowest BCUT2D eigenvalue weighted by atomic mass is 10.1. The Bertz CT molecular complexity index is 520. The summed E-state index contributed by atoms with van der Waals surface area (Å²) in [6.07, 6.45) is 0. The average molecular weight is 288 g/mol. The van der Waals surface area contributed by atoms with E-state index < -0.39 is 0 Å². The van der Waals surface area contributed by atoms with Crippen LogP contribution in [0.15, 0.2) is 59.5 Å². The van der Waals surface area contributed by atoms with Gasteiger partial charge in [-0.1, -0.05) is 42.5 Å². The largest absolute Gasteiger partial charge is 0.486 e. The molecule has 19 heavy (non-hydrogen) atoms. The molecule has 0 bridgehead atoms. The van der Waals surface area contributed by atoms with Gasteiger partial charge >= 0.3 is 0 Å². The summed E-state index contributed by atoms with van der Waals surface area (Å²) >= 11 is 6.82. The van der Waals surface area contributed by atoms with E-state index in [-0.39, 0.29) is 0 Å². The van der Waals surface area contributed by atoms with Gasteiger partial charge in [0.25, 0.3) is 0 Å². The molecule has 0 radical (unpaired) electrons. The van der Waals surface area contributed by atoms with Crippen molar-refractivity contribution in [2.45, 2.75) is 11.8 Å². The van der Waals surface area contributed by atoms with E-state index in [1.54, 1.807) is 11.8 Å². The second-order valence-electron chi connectivity index (χ2n) is 3.98. The van der Waals surface area contributed by atoms with Gasteiger partial charge in [-0.2, -0.15) is 0 Å². The quantitative estimate of drug-likeness (QED) is 0.577. The van der Waals surface area contributed by atoms with Gasteiger partial charge in [-0.05, 0) is 42.4 Å². The van der Waals surface area contributed by atoms with E-state index in [1.165, 1.54) is 16.0 Å². The molecule has 0 saturated heterocycles. The molecule has 0 saturated carbocycles. The Hall–Kier alpha value is -1.32. The molecule has 0 heterocycles. The third-order valence-corrected chi connectivity index (χ3v) is 4.08. The molecule has 2 aromatic carbocycles. The van der Waals surface area contributed by atoms with E-state index in [4.69, 9.17) is 17.0 Å². The number of hydrogen-bond donors (Lipinski definition) is 0. The average Bonchev–Trinajstić information content (AvgIpc) is 2.47. The summed E-state index contributed by atoms with van der Waals surface area (Å²) in [6, 6.07) is 18.9. The van der Waals surface area contributed by atoms with Crippen LogP contribution in [-0.2, 0) is 4.74 Å². The van der Waals surface area contributed by atoms with Crippen molar-refractivity contribution in [2.24, 2.45) is 0 Å². The number of hydrogen-bond acceptors (Lipinski definition) is 3. The zero-order valence-electron chi connectivity index (χ0n) is 10.8. The van der Waals surface area contributed by atoms with Crippen molar-refractivity contribution < 1.29 is 4.74 Å². The van der Waals surface area contributed by atoms with Crippen molar-refractivity contribution in [3.8, 4) is 11.1 Å². The summed E-state index contributed by atoms with van der Waals surface area (Å²) in [7, 11) is 0. The first-order valence-electron chi connectivity index (χ1n) is 6.23. The second-order valence-corrected chi connectivity index (χ2v) is 5.49. The van der Waals surface area contributed by atoms with Gasteiger partial charge in [-0.25, -0.2) is 0 Å². The zero-order valence-corrected chi connectivity index (χ0v) is 12.5. The van der Waals surface area contributed by atoms with Gasteiger partial charge in [0, 0.05) is 4.90 Å². The molecule has 0 aromatic heterocycles. The van der Waals surface area contributed by atoms with Crippen LogP contribution in [0.4, 0.5) is 0 Å². The summed E-state index contributed by atoms with van der Waals surface area (Å²) in [5.74, 6) is 0.730. The molecule has 0 aliphatic heterocycles. The standard InChI is InChI=1S/C16H16OS2/c1-2-17-16(18)12-19-15-10-8-14(9-11-15)13-6-4-3-5-7-13/h3-11H,2,12H2,1H3. The Balaban J connectivity index is 1.97. The minimum Gasteiger partial charge on any atom is -0.486 e. The topological polar surface area (TPSA) is 9.23 Å². The van der Waals surface area contributed by atoms with E-state index >= 15 is 0 Å². The van der Waals surface area contributed by atoms with Crippen LogP contribution in [0, 0.1) is 0 Å². The highest BCUT2D eigenvalue weighted by atomic mass is 32.2. The lowest BCUT2D eigenvalue weighted by Crippen LogP contribution is -2.03. The SMILES string of the molecule is CCOC(=S)CSc1ccc(-c2ccccc2)cc1. The van der Waals surface area contributed by atoms with Gasteiger partial charge in [0.05, 0.1) is 12.4 Å². The van der Waals surface area contributed by atoms with Crippen molar-refractivity contribution in [3.05, 3.63) is 54.6 Å². The smallest absolute Gasteiger partial charge is 0.169 e. The zero-order chi connectivity index (χ0) is 13.5. The monoisotopic (exact) mass is 288 g/mol. The van der Waals surface area contributed by atoms with E-state index in [0.29, 0.717) is 11.7 Å². The second kappa shape index (κ2) is 7.31. The molecule has 98 valence electrons. The van der Waals surface area contributed by atoms with Crippen LogP contribution in [0.3, 0.4) is 0 Å². The maximum Gasteiger partial charge on any atom is 0.169 e. The molecule has 3 heteroatoms. The van der Waals surface area contributed by atoms with E-state index in [1.807, 2.05) is 13.0 Å². The van der Waals surface area contributed by atoms with E-state index in [2.05, 4.69) is 48.5 Å². The summed E-state index contributed by atoms with van der Waals surface area (Å²) in [4.78, 5) is 1.21. The number of benzene rings is 2. The van der Waals surface area contributed by atoms with Crippen LogP contribution in [-0.4, -0.2) is 17.4 Å². The third-order valence-electron chi connectivity index (χ3n) is 2.62. The molecule has 0 aliphatic rings. The van der Waals surface area contributed by atoms with Gasteiger partial charge in [0.2, 0.25) is 0 Å². The minimum absolute atomic E-state index is 0.645. The summed E-state index contributed by atoms with van der Waals surface area (Å²) in [6.45, 7) is 2.60. The molecule has 0 unspecified atom stereocenters. The Morgan fingerprint density at radius 2 is 1.63 bits per heavy atom. The van der Waals surface area contributed by atoms with Crippen LogP contribution in [0.25, 0.3) is 11.1 Å². The fourth-order valence-corrected chi connectivity index (χ4v) is 2.71. The molecular weight excluding hydrogens is 272 g/mol. The van der Waals surface area contributed by atoms with Crippen LogP contribution in [0.5, 0.6) is 0 Å². The van der Waals surface area contributed by atoms with Gasteiger partial charge in [0.1, 0.15) is 0 Å². The lowest BCUT2D eigenvalue weighted by molar-refractivity contribution is 0.335. The normalized spacial score (nSPS) is 10.2. The summed E-state index contributed by atoms with van der Waals surface area (Å²) in [5, 5.41) is 0.666. The number of rotatable bonds is 5. The molecule has 0 N–H and O–H groups in total. The third kappa shape index (κ3) is 4.37. The van der Waals surface area contributed by atoms with Gasteiger partial charge in [-0.3, -0.25) is 0 Å². The highest BCUT2D eigenvalue weighted by Crippen LogP contribution is 2.24. The molecule has 0 amide bonds. The minimum atomic E-state index is 0.645. The Morgan fingerprint density at radius 1 is 1.00 bits per heavy atom. The molecule has 0 aliphatic carbocycles. The molecule has 0 spiro atoms. The molecular formula is C16H16OS2. The predicted octanol–water partition coefficient (Wildman–Crippen LogP) is 4.81. The van der Waals surface area contributed by atoms with Crippen molar-refractivity contribution in [1.82, 2.24) is 0 Å². The first kappa shape index (κ1) is 14.1. The lowest BCUT2D eigenvalue weighted by Gasteiger charge is -2.06. The van der Waals surface area contributed by atoms with Gasteiger partial charge < -0.3 is 4.74 Å². The maximum absolute atomic E-state index is 5.27. The molecule has 0 fully saturated rings. The highest BCUT2D eigenvalue weighted by Gasteiger charge is 2.01. The molecule has 1 nitrogen and oxygen atoms in total. The fourth-order valence-electron chi connectivity index (χ4n) is 1.72. The Morgan fingerprint density at radius 3 is 2.26 bits per heavy atom. The fraction of sp³-hybridized carbons (Fsp3) is 0.188. The summed E-state index contributed by atoms with van der Waals surface area (Å²) < 4.78 is 5.27. The van der Waals surface area contributed by atoms with Crippen LogP contribution in [0.2, 0.25) is 0 Å². The first-order valence-corrected chi connectivity index (χ1v) is 7.63. The van der Waals surface area contributed by atoms with Gasteiger partial charge in [0.15, 0.2) is 5.05 Å². The highest BCUT2D eigenvalue weighted by molar-refractivity contribution is 8.01. The summed E-state index contributed by atoms with van der Waals surface area (Å²) in [5.41, 5.74) is 2.47. The number of thiocarbonyl (C=S) groups is 1. The maximum atomic E-state index is 5.27. The van der Waals surface area contributed by atoms with Crippen LogP contribution in [0.1, 0.15) is 6.92 Å². The Labute approximate surface area is 124 Å². The van der Waals surface area contributed by atoms with Crippen molar-refractivity contribution in [2.75, 3.05) is 12.4 Å². The van der Waals surface area contributed by atoms with Gasteiger partial charge in [-0.15, -0.1) is 11.8 Å². The van der Waals surface area contributed by atoms with Crippen molar-refractivity contribution >= 4 is 29.0 Å². The molecule has 2 rings (SSSR count). The van der Waals surface area contributed by atoms with E-state index in [9.17, 15) is 0 Å². The molecule has 0 atom stereocenters. The van der Waals surface area contributed by atoms with E-state index in [0.717, 1.165) is 5.75 Å². The predicted molar refractivity (Wildman–Crippen MR) is 86.8 cm³/mol. The molecule has 2 aromatic rings.